The number of para-hydroxylation sites is 1. The van der Waals surface area contributed by atoms with Gasteiger partial charge in [-0.2, -0.15) is 5.10 Å². The van der Waals surface area contributed by atoms with E-state index in [0.717, 1.165) is 50.3 Å². The molecule has 0 saturated carbocycles. The number of halogens is 1. The van der Waals surface area contributed by atoms with Gasteiger partial charge in [0.2, 0.25) is 0 Å². The summed E-state index contributed by atoms with van der Waals surface area (Å²) in [5.41, 5.74) is 1.40. The number of aliphatic hydroxyl groups is 1. The molecule has 1 N–H and O–H groups in total. The first-order valence-electron chi connectivity index (χ1n) is 12.0. The predicted octanol–water partition coefficient (Wildman–Crippen LogP) is 4.60. The lowest BCUT2D eigenvalue weighted by atomic mass is 9.96. The van der Waals surface area contributed by atoms with Crippen LogP contribution in [-0.4, -0.2) is 51.7 Å². The van der Waals surface area contributed by atoms with Crippen molar-refractivity contribution in [1.29, 1.82) is 0 Å². The van der Waals surface area contributed by atoms with Crippen LogP contribution < -0.4 is 9.47 Å². The molecule has 1 aliphatic rings. The molecule has 182 valence electrons. The lowest BCUT2D eigenvalue weighted by Gasteiger charge is -2.27. The van der Waals surface area contributed by atoms with Crippen molar-refractivity contribution >= 4 is 0 Å². The fraction of sp³-hybridized carbons (Fsp3) is 0.444. The maximum Gasteiger partial charge on any atom is 0.165 e. The Bertz CT molecular complexity index is 1060. The Morgan fingerprint density at radius 2 is 1.97 bits per heavy atom. The summed E-state index contributed by atoms with van der Waals surface area (Å²) >= 11 is 0. The minimum Gasteiger partial charge on any atom is -0.494 e. The van der Waals surface area contributed by atoms with Gasteiger partial charge in [-0.25, -0.2) is 4.39 Å². The van der Waals surface area contributed by atoms with Crippen LogP contribution in [0.3, 0.4) is 0 Å². The fourth-order valence-corrected chi connectivity index (χ4v) is 4.31. The highest BCUT2D eigenvalue weighted by Gasteiger charge is 2.31. The van der Waals surface area contributed by atoms with Crippen molar-refractivity contribution in [3.8, 4) is 11.5 Å². The van der Waals surface area contributed by atoms with Crippen molar-refractivity contribution in [3.63, 3.8) is 0 Å². The molecule has 1 aliphatic heterocycles. The Morgan fingerprint density at radius 1 is 1.09 bits per heavy atom. The topological polar surface area (TPSA) is 59.8 Å². The van der Waals surface area contributed by atoms with E-state index < -0.39 is 11.4 Å². The number of hydrogen-bond donors (Lipinski definition) is 1. The van der Waals surface area contributed by atoms with Crippen LogP contribution in [0.4, 0.5) is 4.39 Å². The Hall–Kier alpha value is -2.90. The number of hydrogen-bond acceptors (Lipinski definition) is 5. The van der Waals surface area contributed by atoms with Gasteiger partial charge in [-0.15, -0.1) is 0 Å². The molecule has 1 atom stereocenters. The molecule has 1 saturated heterocycles. The van der Waals surface area contributed by atoms with Gasteiger partial charge in [0.05, 0.1) is 18.4 Å². The summed E-state index contributed by atoms with van der Waals surface area (Å²) in [7, 11) is 0. The minimum absolute atomic E-state index is 0.100. The summed E-state index contributed by atoms with van der Waals surface area (Å²) in [6, 6.07) is 14.5. The van der Waals surface area contributed by atoms with E-state index in [2.05, 4.69) is 22.1 Å². The number of nitrogens with zero attached hydrogens (tertiary/aromatic N) is 3. The molecule has 0 amide bonds. The molecular formula is C27H34FN3O3. The lowest BCUT2D eigenvalue weighted by molar-refractivity contribution is -0.0177. The number of ether oxygens (including phenoxy) is 2. The summed E-state index contributed by atoms with van der Waals surface area (Å²) in [5.74, 6) is 0.660. The molecule has 6 nitrogen and oxygen atoms in total. The average Bonchev–Trinajstić information content (AvgIpc) is 3.16. The molecule has 3 aromatic rings. The second-order valence-corrected chi connectivity index (χ2v) is 9.20. The first-order valence-corrected chi connectivity index (χ1v) is 12.0. The van der Waals surface area contributed by atoms with Gasteiger partial charge in [0.25, 0.3) is 0 Å². The van der Waals surface area contributed by atoms with Crippen molar-refractivity contribution in [2.75, 3.05) is 26.3 Å². The Balaban J connectivity index is 1.23. The Labute approximate surface area is 200 Å². The highest BCUT2D eigenvalue weighted by atomic mass is 19.1. The van der Waals surface area contributed by atoms with Gasteiger partial charge in [-0.05, 0) is 68.1 Å². The molecule has 2 heterocycles. The van der Waals surface area contributed by atoms with Crippen LogP contribution in [0.1, 0.15) is 36.8 Å². The molecule has 0 aliphatic carbocycles. The van der Waals surface area contributed by atoms with Gasteiger partial charge in [0, 0.05) is 32.3 Å². The molecule has 34 heavy (non-hydrogen) atoms. The summed E-state index contributed by atoms with van der Waals surface area (Å²) in [6.07, 6.45) is 6.88. The second kappa shape index (κ2) is 11.5. The first kappa shape index (κ1) is 24.2. The van der Waals surface area contributed by atoms with Crippen molar-refractivity contribution in [2.24, 2.45) is 0 Å². The predicted molar refractivity (Wildman–Crippen MR) is 129 cm³/mol. The maximum absolute atomic E-state index is 13.8. The van der Waals surface area contributed by atoms with Crippen LogP contribution in [0.2, 0.25) is 0 Å². The zero-order chi connectivity index (χ0) is 23.8. The molecule has 7 heteroatoms. The molecule has 0 spiro atoms. The first-order chi connectivity index (χ1) is 16.5. The summed E-state index contributed by atoms with van der Waals surface area (Å²) < 4.78 is 27.3. The van der Waals surface area contributed by atoms with Crippen molar-refractivity contribution in [3.05, 3.63) is 77.9 Å². The van der Waals surface area contributed by atoms with Crippen molar-refractivity contribution in [1.82, 2.24) is 14.7 Å². The molecular weight excluding hydrogens is 433 g/mol. The Morgan fingerprint density at radius 3 is 2.79 bits per heavy atom. The quantitative estimate of drug-likeness (QED) is 0.442. The lowest BCUT2D eigenvalue weighted by Crippen LogP contribution is -2.37. The van der Waals surface area contributed by atoms with Gasteiger partial charge in [0.1, 0.15) is 12.4 Å². The minimum atomic E-state index is -0.949. The van der Waals surface area contributed by atoms with Crippen LogP contribution >= 0.6 is 0 Å². The number of aryl methyl sites for hydroxylation is 2. The summed E-state index contributed by atoms with van der Waals surface area (Å²) in [6.45, 7) is 6.07. The third-order valence-electron chi connectivity index (χ3n) is 6.21. The maximum atomic E-state index is 13.8. The van der Waals surface area contributed by atoms with Gasteiger partial charge in [-0.3, -0.25) is 9.58 Å². The molecule has 2 aromatic carbocycles. The van der Waals surface area contributed by atoms with Crippen molar-refractivity contribution in [2.45, 2.75) is 51.3 Å². The van der Waals surface area contributed by atoms with Crippen LogP contribution in [0.25, 0.3) is 0 Å². The number of rotatable bonds is 10. The number of aromatic nitrogens is 2. The summed E-state index contributed by atoms with van der Waals surface area (Å²) in [4.78, 5) is 2.35. The third kappa shape index (κ3) is 7.05. The normalized spacial score (nSPS) is 19.0. The smallest absolute Gasteiger partial charge is 0.165 e. The SMILES string of the molecule is Cc1cnn(CCCOc2cccc(CN3CCC[C@@](O)(COc4ccccc4F)CC3)c2)c1. The standard InChI is InChI=1S/C27H34FN3O3/c1-22-18-29-31(19-22)14-6-16-33-24-8-4-7-23(17-24)20-30-13-5-11-27(32,12-15-30)21-34-26-10-3-2-9-25(26)28/h2-4,7-10,17-19,32H,5-6,11-16,20-21H2,1H3/t27-/m0/s1. The van der Waals surface area contributed by atoms with Crippen LogP contribution in [0.5, 0.6) is 11.5 Å². The highest BCUT2D eigenvalue weighted by Crippen LogP contribution is 2.26. The monoisotopic (exact) mass is 467 g/mol. The van der Waals surface area contributed by atoms with Crippen LogP contribution in [0, 0.1) is 12.7 Å². The van der Waals surface area contributed by atoms with E-state index in [4.69, 9.17) is 9.47 Å². The van der Waals surface area contributed by atoms with E-state index in [1.807, 2.05) is 36.1 Å². The summed E-state index contributed by atoms with van der Waals surface area (Å²) in [5, 5.41) is 15.3. The average molecular weight is 468 g/mol. The number of benzene rings is 2. The zero-order valence-corrected chi connectivity index (χ0v) is 19.8. The molecule has 4 rings (SSSR count). The van der Waals surface area contributed by atoms with E-state index in [9.17, 15) is 9.50 Å². The molecule has 1 fully saturated rings. The van der Waals surface area contributed by atoms with Gasteiger partial charge < -0.3 is 14.6 Å². The molecule has 0 bridgehead atoms. The largest absolute Gasteiger partial charge is 0.494 e. The van der Waals surface area contributed by atoms with E-state index in [0.29, 0.717) is 19.4 Å². The van der Waals surface area contributed by atoms with E-state index >= 15 is 0 Å². The fourth-order valence-electron chi connectivity index (χ4n) is 4.31. The van der Waals surface area contributed by atoms with Crippen LogP contribution in [0.15, 0.2) is 60.9 Å². The van der Waals surface area contributed by atoms with Gasteiger partial charge in [-0.1, -0.05) is 24.3 Å². The number of likely N-dealkylation sites (tertiary alicyclic amines) is 1. The molecule has 0 radical (unpaired) electrons. The highest BCUT2D eigenvalue weighted by molar-refractivity contribution is 5.28. The van der Waals surface area contributed by atoms with E-state index in [1.165, 1.54) is 11.6 Å². The molecule has 1 aromatic heterocycles. The molecule has 0 unspecified atom stereocenters. The third-order valence-corrected chi connectivity index (χ3v) is 6.21. The van der Waals surface area contributed by atoms with Gasteiger partial charge in [0.15, 0.2) is 11.6 Å². The second-order valence-electron chi connectivity index (χ2n) is 9.20. The Kier molecular flexibility index (Phi) is 8.19. The van der Waals surface area contributed by atoms with Gasteiger partial charge >= 0.3 is 0 Å². The van der Waals surface area contributed by atoms with Crippen molar-refractivity contribution < 1.29 is 19.0 Å². The van der Waals surface area contributed by atoms with E-state index in [-0.39, 0.29) is 12.4 Å². The van der Waals surface area contributed by atoms with Crippen LogP contribution in [-0.2, 0) is 13.1 Å². The van der Waals surface area contributed by atoms with E-state index in [1.54, 1.807) is 18.2 Å². The zero-order valence-electron chi connectivity index (χ0n) is 19.8.